The average molecular weight is 376 g/mol. The molecule has 28 heavy (non-hydrogen) atoms. The summed E-state index contributed by atoms with van der Waals surface area (Å²) in [6.45, 7) is 0. The Labute approximate surface area is 160 Å². The molecule has 140 valence electrons. The largest absolute Gasteiger partial charge is 0.441 e. The monoisotopic (exact) mass is 376 g/mol. The van der Waals surface area contributed by atoms with Crippen LogP contribution in [0.15, 0.2) is 77.9 Å². The van der Waals surface area contributed by atoms with E-state index in [0.29, 0.717) is 23.8 Å². The van der Waals surface area contributed by atoms with E-state index in [2.05, 4.69) is 15.3 Å². The van der Waals surface area contributed by atoms with Crippen LogP contribution in [0.1, 0.15) is 12.3 Å². The van der Waals surface area contributed by atoms with Crippen molar-refractivity contribution in [3.8, 4) is 17.0 Å². The molecule has 0 saturated carbocycles. The third-order valence-electron chi connectivity index (χ3n) is 4.20. The second kappa shape index (κ2) is 7.87. The second-order valence-corrected chi connectivity index (χ2v) is 6.19. The Balaban J connectivity index is 1.31. The summed E-state index contributed by atoms with van der Waals surface area (Å²) in [7, 11) is 0. The molecule has 6 nitrogen and oxygen atoms in total. The van der Waals surface area contributed by atoms with Crippen molar-refractivity contribution in [1.29, 1.82) is 0 Å². The standard InChI is InChI=1S/C21H17FN4O2/c22-16-3-1-15(2-4-16)19-13-24-21(28-19)10-9-20(27)25-17-5-7-18(8-6-17)26-12-11-23-14-26/h1-8,11-14H,9-10H2,(H,25,27). The number of rotatable bonds is 6. The Bertz CT molecular complexity index is 1050. The maximum atomic E-state index is 13.0. The lowest BCUT2D eigenvalue weighted by Gasteiger charge is -2.06. The normalized spacial score (nSPS) is 10.8. The van der Waals surface area contributed by atoms with Crippen LogP contribution in [0.2, 0.25) is 0 Å². The molecule has 1 N–H and O–H groups in total. The van der Waals surface area contributed by atoms with E-state index in [1.807, 2.05) is 35.0 Å². The van der Waals surface area contributed by atoms with Gasteiger partial charge in [0.1, 0.15) is 5.82 Å². The first-order valence-electron chi connectivity index (χ1n) is 8.76. The number of carbonyl (C=O) groups excluding carboxylic acids is 1. The average Bonchev–Trinajstić information content (AvgIpc) is 3.40. The van der Waals surface area contributed by atoms with Gasteiger partial charge in [0.05, 0.1) is 12.5 Å². The van der Waals surface area contributed by atoms with E-state index >= 15 is 0 Å². The second-order valence-electron chi connectivity index (χ2n) is 6.19. The molecule has 0 spiro atoms. The quantitative estimate of drug-likeness (QED) is 0.546. The Morgan fingerprint density at radius 2 is 1.89 bits per heavy atom. The van der Waals surface area contributed by atoms with Crippen molar-refractivity contribution in [2.75, 3.05) is 5.32 Å². The first-order chi connectivity index (χ1) is 13.7. The third-order valence-corrected chi connectivity index (χ3v) is 4.20. The number of amides is 1. The number of benzene rings is 2. The molecular formula is C21H17FN4O2. The molecule has 0 bridgehead atoms. The number of anilines is 1. The molecule has 2 aromatic heterocycles. The maximum absolute atomic E-state index is 13.0. The van der Waals surface area contributed by atoms with Crippen molar-refractivity contribution in [2.24, 2.45) is 0 Å². The van der Waals surface area contributed by atoms with Gasteiger partial charge < -0.3 is 14.3 Å². The van der Waals surface area contributed by atoms with Gasteiger partial charge in [-0.05, 0) is 48.5 Å². The Morgan fingerprint density at radius 1 is 1.11 bits per heavy atom. The highest BCUT2D eigenvalue weighted by Gasteiger charge is 2.10. The Kier molecular flexibility index (Phi) is 4.97. The van der Waals surface area contributed by atoms with Gasteiger partial charge in [-0.15, -0.1) is 0 Å². The van der Waals surface area contributed by atoms with Crippen LogP contribution in [-0.2, 0) is 11.2 Å². The van der Waals surface area contributed by atoms with Gasteiger partial charge >= 0.3 is 0 Å². The molecule has 0 unspecified atom stereocenters. The Morgan fingerprint density at radius 3 is 2.61 bits per heavy atom. The van der Waals surface area contributed by atoms with Gasteiger partial charge in [0.15, 0.2) is 11.7 Å². The van der Waals surface area contributed by atoms with Crippen LogP contribution in [0.25, 0.3) is 17.0 Å². The first kappa shape index (κ1) is 17.7. The lowest BCUT2D eigenvalue weighted by Crippen LogP contribution is -2.12. The van der Waals surface area contributed by atoms with Crippen LogP contribution in [0.5, 0.6) is 0 Å². The minimum atomic E-state index is -0.307. The van der Waals surface area contributed by atoms with Gasteiger partial charge in [-0.2, -0.15) is 0 Å². The summed E-state index contributed by atoms with van der Waals surface area (Å²) in [4.78, 5) is 20.4. The number of halogens is 1. The molecule has 4 rings (SSSR count). The van der Waals surface area contributed by atoms with Crippen molar-refractivity contribution >= 4 is 11.6 Å². The summed E-state index contributed by atoms with van der Waals surface area (Å²) in [5, 5.41) is 2.85. The molecular weight excluding hydrogens is 359 g/mol. The van der Waals surface area contributed by atoms with E-state index in [0.717, 1.165) is 11.3 Å². The zero-order valence-electron chi connectivity index (χ0n) is 14.9. The lowest BCUT2D eigenvalue weighted by molar-refractivity contribution is -0.116. The molecule has 0 fully saturated rings. The molecule has 2 heterocycles. The molecule has 0 aliphatic carbocycles. The summed E-state index contributed by atoms with van der Waals surface area (Å²) < 4.78 is 20.5. The Hall–Kier alpha value is -3.74. The fourth-order valence-electron chi connectivity index (χ4n) is 2.75. The van der Waals surface area contributed by atoms with Crippen molar-refractivity contribution in [2.45, 2.75) is 12.8 Å². The molecule has 0 saturated heterocycles. The fraction of sp³-hybridized carbons (Fsp3) is 0.0952. The highest BCUT2D eigenvalue weighted by Crippen LogP contribution is 2.21. The summed E-state index contributed by atoms with van der Waals surface area (Å²) in [5.41, 5.74) is 2.42. The molecule has 0 radical (unpaired) electrons. The number of carbonyl (C=O) groups is 1. The topological polar surface area (TPSA) is 73.0 Å². The van der Waals surface area contributed by atoms with Crippen molar-refractivity contribution in [3.05, 3.63) is 85.2 Å². The van der Waals surface area contributed by atoms with Gasteiger partial charge in [0.2, 0.25) is 5.91 Å². The minimum absolute atomic E-state index is 0.128. The van der Waals surface area contributed by atoms with E-state index in [-0.39, 0.29) is 18.1 Å². The SMILES string of the molecule is O=C(CCc1ncc(-c2ccc(F)cc2)o1)Nc1ccc(-n2ccnc2)cc1. The fourth-order valence-corrected chi connectivity index (χ4v) is 2.75. The zero-order chi connectivity index (χ0) is 19.3. The number of imidazole rings is 1. The van der Waals surface area contributed by atoms with Crippen LogP contribution in [0.3, 0.4) is 0 Å². The maximum Gasteiger partial charge on any atom is 0.224 e. The molecule has 0 aliphatic rings. The molecule has 1 amide bonds. The highest BCUT2D eigenvalue weighted by molar-refractivity contribution is 5.90. The van der Waals surface area contributed by atoms with E-state index < -0.39 is 0 Å². The van der Waals surface area contributed by atoms with Crippen molar-refractivity contribution in [1.82, 2.24) is 14.5 Å². The molecule has 4 aromatic rings. The zero-order valence-corrected chi connectivity index (χ0v) is 14.9. The third kappa shape index (κ3) is 4.15. The minimum Gasteiger partial charge on any atom is -0.441 e. The van der Waals surface area contributed by atoms with Gasteiger partial charge in [-0.3, -0.25) is 4.79 Å². The molecule has 0 atom stereocenters. The number of aryl methyl sites for hydroxylation is 1. The van der Waals surface area contributed by atoms with Crippen LogP contribution < -0.4 is 5.32 Å². The molecule has 0 aliphatic heterocycles. The van der Waals surface area contributed by atoms with E-state index in [9.17, 15) is 9.18 Å². The predicted octanol–water partition coefficient (Wildman–Crippen LogP) is 4.24. The highest BCUT2D eigenvalue weighted by atomic mass is 19.1. The number of nitrogens with zero attached hydrogens (tertiary/aromatic N) is 3. The van der Waals surface area contributed by atoms with Crippen LogP contribution in [0.4, 0.5) is 10.1 Å². The van der Waals surface area contributed by atoms with Crippen LogP contribution >= 0.6 is 0 Å². The van der Waals surface area contributed by atoms with Gasteiger partial charge in [0, 0.05) is 42.2 Å². The van der Waals surface area contributed by atoms with Crippen LogP contribution in [0, 0.1) is 5.82 Å². The van der Waals surface area contributed by atoms with E-state index in [1.165, 1.54) is 12.1 Å². The number of nitrogens with one attached hydrogen (secondary N) is 1. The summed E-state index contributed by atoms with van der Waals surface area (Å²) in [5.74, 6) is 0.575. The number of hydrogen-bond donors (Lipinski definition) is 1. The number of oxazole rings is 1. The molecule has 2 aromatic carbocycles. The van der Waals surface area contributed by atoms with Gasteiger partial charge in [-0.25, -0.2) is 14.4 Å². The number of hydrogen-bond acceptors (Lipinski definition) is 4. The van der Waals surface area contributed by atoms with Crippen LogP contribution in [-0.4, -0.2) is 20.4 Å². The van der Waals surface area contributed by atoms with Gasteiger partial charge in [-0.1, -0.05) is 0 Å². The number of aromatic nitrogens is 3. The van der Waals surface area contributed by atoms with E-state index in [1.54, 1.807) is 30.9 Å². The van der Waals surface area contributed by atoms with Gasteiger partial charge in [0.25, 0.3) is 0 Å². The first-order valence-corrected chi connectivity index (χ1v) is 8.76. The summed E-state index contributed by atoms with van der Waals surface area (Å²) >= 11 is 0. The summed E-state index contributed by atoms with van der Waals surface area (Å²) in [6.07, 6.45) is 7.47. The molecule has 7 heteroatoms. The predicted molar refractivity (Wildman–Crippen MR) is 102 cm³/mol. The summed E-state index contributed by atoms with van der Waals surface area (Å²) in [6, 6.07) is 13.5. The van der Waals surface area contributed by atoms with Crippen molar-refractivity contribution < 1.29 is 13.6 Å². The van der Waals surface area contributed by atoms with Crippen molar-refractivity contribution in [3.63, 3.8) is 0 Å². The lowest BCUT2D eigenvalue weighted by atomic mass is 10.2. The van der Waals surface area contributed by atoms with E-state index in [4.69, 9.17) is 4.42 Å². The smallest absolute Gasteiger partial charge is 0.224 e.